The predicted octanol–water partition coefficient (Wildman–Crippen LogP) is 6.43. The number of piperazine rings is 1. The van der Waals surface area contributed by atoms with E-state index in [0.29, 0.717) is 10.7 Å². The number of nitrogen functional groups attached to an aromatic ring is 1. The molecule has 4 nitrogen and oxygen atoms in total. The van der Waals surface area contributed by atoms with Crippen LogP contribution in [0.3, 0.4) is 0 Å². The number of aromatic nitrogens is 1. The van der Waals surface area contributed by atoms with Crippen molar-refractivity contribution in [2.24, 2.45) is 0 Å². The Morgan fingerprint density at radius 1 is 1.03 bits per heavy atom. The quantitative estimate of drug-likeness (QED) is 0.425. The number of rotatable bonds is 7. The molecule has 3 aromatic rings. The number of halogens is 1. The van der Waals surface area contributed by atoms with Crippen LogP contribution in [0.25, 0.3) is 27.9 Å². The van der Waals surface area contributed by atoms with E-state index in [4.69, 9.17) is 22.3 Å². The highest BCUT2D eigenvalue weighted by Gasteiger charge is 2.20. The van der Waals surface area contributed by atoms with Crippen LogP contribution in [0.2, 0.25) is 5.02 Å². The average Bonchev–Trinajstić information content (AvgIpc) is 2.81. The number of unbranched alkanes of at least 4 members (excludes halogenated alkanes) is 1. The van der Waals surface area contributed by atoms with Gasteiger partial charge in [0.25, 0.3) is 0 Å². The Morgan fingerprint density at radius 3 is 2.50 bits per heavy atom. The molecule has 2 N–H and O–H groups in total. The summed E-state index contributed by atoms with van der Waals surface area (Å²) in [6.45, 7) is 14.8. The van der Waals surface area contributed by atoms with Crippen LogP contribution in [0, 0.1) is 0 Å². The van der Waals surface area contributed by atoms with Crippen LogP contribution in [0.4, 0.5) is 5.69 Å². The molecule has 1 aliphatic heterocycles. The molecule has 0 unspecified atom stereocenters. The lowest BCUT2D eigenvalue weighted by Gasteiger charge is -2.39. The highest BCUT2D eigenvalue weighted by atomic mass is 35.5. The lowest BCUT2D eigenvalue weighted by atomic mass is 10.1. The summed E-state index contributed by atoms with van der Waals surface area (Å²) in [5.74, 6) is 0. The van der Waals surface area contributed by atoms with Crippen molar-refractivity contribution in [3.8, 4) is 11.3 Å². The van der Waals surface area contributed by atoms with Gasteiger partial charge in [-0.15, -0.1) is 0 Å². The summed E-state index contributed by atoms with van der Waals surface area (Å²) in [6.07, 6.45) is 3.50. The molecule has 0 bridgehead atoms. The monoisotopic (exact) mass is 446 g/mol. The van der Waals surface area contributed by atoms with Crippen molar-refractivity contribution in [1.29, 1.82) is 0 Å². The smallest absolute Gasteiger partial charge is 0.0731 e. The fraction of sp³-hybridized carbons (Fsp3) is 0.296. The third-order valence-corrected chi connectivity index (χ3v) is 6.52. The molecule has 2 heterocycles. The van der Waals surface area contributed by atoms with Crippen LogP contribution in [-0.4, -0.2) is 41.0 Å². The third kappa shape index (κ3) is 4.76. The van der Waals surface area contributed by atoms with Crippen molar-refractivity contribution in [1.82, 2.24) is 14.8 Å². The number of hydrogen-bond acceptors (Lipinski definition) is 4. The van der Waals surface area contributed by atoms with Gasteiger partial charge in [-0.1, -0.05) is 62.4 Å². The topological polar surface area (TPSA) is 45.4 Å². The van der Waals surface area contributed by atoms with E-state index in [1.807, 2.05) is 36.4 Å². The van der Waals surface area contributed by atoms with E-state index in [0.717, 1.165) is 66.0 Å². The number of anilines is 1. The summed E-state index contributed by atoms with van der Waals surface area (Å²) in [7, 11) is 0. The Morgan fingerprint density at radius 2 is 1.78 bits per heavy atom. The Bertz CT molecular complexity index is 1150. The average molecular weight is 447 g/mol. The third-order valence-electron chi connectivity index (χ3n) is 6.20. The standard InChI is InChI=1S/C27H31ClN4/c1-4-5-7-19(2)31-12-14-32(15-13-31)20(3)21-10-11-24-25(28)18-26(30-27(24)17-21)22-8-6-9-23(29)16-22/h6,8-11,16-18H,2-5,7,12-15,29H2,1H3. The molecule has 32 heavy (non-hydrogen) atoms. The minimum absolute atomic E-state index is 0.684. The Balaban J connectivity index is 1.53. The van der Waals surface area contributed by atoms with Crippen molar-refractivity contribution < 1.29 is 0 Å². The summed E-state index contributed by atoms with van der Waals surface area (Å²) in [4.78, 5) is 9.65. The maximum absolute atomic E-state index is 6.60. The number of pyridine rings is 1. The van der Waals surface area contributed by atoms with Crippen LogP contribution >= 0.6 is 11.6 Å². The molecule has 1 aliphatic rings. The molecule has 1 aromatic heterocycles. The summed E-state index contributed by atoms with van der Waals surface area (Å²) >= 11 is 6.60. The van der Waals surface area contributed by atoms with Crippen LogP contribution < -0.4 is 5.73 Å². The summed E-state index contributed by atoms with van der Waals surface area (Å²) in [6, 6.07) is 15.8. The van der Waals surface area contributed by atoms with Crippen LogP contribution in [0.5, 0.6) is 0 Å². The second-order valence-electron chi connectivity index (χ2n) is 8.44. The fourth-order valence-corrected chi connectivity index (χ4v) is 4.49. The summed E-state index contributed by atoms with van der Waals surface area (Å²) in [5, 5.41) is 1.62. The molecule has 0 radical (unpaired) electrons. The second-order valence-corrected chi connectivity index (χ2v) is 8.84. The number of fused-ring (bicyclic) bond motifs is 1. The normalized spacial score (nSPS) is 14.1. The van der Waals surface area contributed by atoms with E-state index < -0.39 is 0 Å². The van der Waals surface area contributed by atoms with Gasteiger partial charge < -0.3 is 15.5 Å². The highest BCUT2D eigenvalue weighted by molar-refractivity contribution is 6.35. The van der Waals surface area contributed by atoms with Gasteiger partial charge in [0, 0.05) is 54.2 Å². The summed E-state index contributed by atoms with van der Waals surface area (Å²) in [5.41, 5.74) is 12.7. The molecule has 2 aromatic carbocycles. The molecule has 166 valence electrons. The van der Waals surface area contributed by atoms with Crippen LogP contribution in [-0.2, 0) is 0 Å². The molecule has 0 amide bonds. The van der Waals surface area contributed by atoms with Gasteiger partial charge in [-0.2, -0.15) is 0 Å². The van der Waals surface area contributed by atoms with Crippen molar-refractivity contribution in [2.45, 2.75) is 26.2 Å². The fourth-order valence-electron chi connectivity index (χ4n) is 4.23. The van der Waals surface area contributed by atoms with Gasteiger partial charge in [0.15, 0.2) is 0 Å². The van der Waals surface area contributed by atoms with Gasteiger partial charge in [0.05, 0.1) is 16.2 Å². The van der Waals surface area contributed by atoms with Gasteiger partial charge in [0.2, 0.25) is 0 Å². The van der Waals surface area contributed by atoms with E-state index >= 15 is 0 Å². The van der Waals surface area contributed by atoms with Crippen LogP contribution in [0.15, 0.2) is 67.4 Å². The van der Waals surface area contributed by atoms with Crippen molar-refractivity contribution >= 4 is 33.9 Å². The highest BCUT2D eigenvalue weighted by Crippen LogP contribution is 2.31. The molecular formula is C27H31ClN4. The molecule has 0 aliphatic carbocycles. The predicted molar refractivity (Wildman–Crippen MR) is 137 cm³/mol. The van der Waals surface area contributed by atoms with E-state index in [1.54, 1.807) is 0 Å². The first-order valence-corrected chi connectivity index (χ1v) is 11.7. The maximum Gasteiger partial charge on any atom is 0.0731 e. The molecule has 0 atom stereocenters. The zero-order chi connectivity index (χ0) is 22.7. The van der Waals surface area contributed by atoms with E-state index in [2.05, 4.69) is 42.0 Å². The van der Waals surface area contributed by atoms with Crippen LogP contribution in [0.1, 0.15) is 31.7 Å². The van der Waals surface area contributed by atoms with Gasteiger partial charge in [0.1, 0.15) is 0 Å². The minimum atomic E-state index is 0.684. The van der Waals surface area contributed by atoms with Gasteiger partial charge in [-0.25, -0.2) is 4.98 Å². The Hall–Kier alpha value is -2.98. The largest absolute Gasteiger partial charge is 0.399 e. The second kappa shape index (κ2) is 9.66. The number of hydrogen-bond donors (Lipinski definition) is 1. The van der Waals surface area contributed by atoms with E-state index in [1.165, 1.54) is 18.5 Å². The molecular weight excluding hydrogens is 416 g/mol. The molecule has 1 saturated heterocycles. The molecule has 4 rings (SSSR count). The van der Waals surface area contributed by atoms with E-state index in [-0.39, 0.29) is 0 Å². The first-order chi connectivity index (χ1) is 15.5. The lowest BCUT2D eigenvalue weighted by Crippen LogP contribution is -2.44. The zero-order valence-corrected chi connectivity index (χ0v) is 19.5. The Labute approximate surface area is 196 Å². The number of allylic oxidation sites excluding steroid dienone is 1. The maximum atomic E-state index is 6.60. The number of nitrogens with zero attached hydrogens (tertiary/aromatic N) is 3. The van der Waals surface area contributed by atoms with Crippen molar-refractivity contribution in [2.75, 3.05) is 31.9 Å². The van der Waals surface area contributed by atoms with Gasteiger partial charge in [-0.05, 0) is 42.7 Å². The SMILES string of the molecule is C=C(CCCC)N1CCN(C(=C)c2ccc3c(Cl)cc(-c4cccc(N)c4)nc3c2)CC1. The van der Waals surface area contributed by atoms with Crippen molar-refractivity contribution in [3.63, 3.8) is 0 Å². The zero-order valence-electron chi connectivity index (χ0n) is 18.8. The number of nitrogens with two attached hydrogens (primary N) is 1. The minimum Gasteiger partial charge on any atom is -0.399 e. The van der Waals surface area contributed by atoms with Crippen molar-refractivity contribution in [3.05, 3.63) is 78.0 Å². The molecule has 5 heteroatoms. The first kappa shape index (κ1) is 22.2. The van der Waals surface area contributed by atoms with E-state index in [9.17, 15) is 0 Å². The van der Waals surface area contributed by atoms with Gasteiger partial charge >= 0.3 is 0 Å². The molecule has 0 saturated carbocycles. The Kier molecular flexibility index (Phi) is 6.71. The number of benzene rings is 2. The first-order valence-electron chi connectivity index (χ1n) is 11.3. The lowest BCUT2D eigenvalue weighted by molar-refractivity contribution is 0.209. The molecule has 1 fully saturated rings. The van der Waals surface area contributed by atoms with Gasteiger partial charge in [-0.3, -0.25) is 0 Å². The molecule has 0 spiro atoms. The summed E-state index contributed by atoms with van der Waals surface area (Å²) < 4.78 is 0.